The van der Waals surface area contributed by atoms with Gasteiger partial charge in [-0.2, -0.15) is 0 Å². The van der Waals surface area contributed by atoms with E-state index in [1.54, 1.807) is 7.11 Å². The lowest BCUT2D eigenvalue weighted by Gasteiger charge is -2.33. The fourth-order valence-corrected chi connectivity index (χ4v) is 1.70. The number of carbonyl (C=O) groups is 2. The van der Waals surface area contributed by atoms with E-state index in [-0.39, 0.29) is 11.9 Å². The van der Waals surface area contributed by atoms with Crippen molar-refractivity contribution in [1.29, 1.82) is 0 Å². The first-order valence-electron chi connectivity index (χ1n) is 6.23. The molecule has 6 heteroatoms. The molecule has 1 saturated heterocycles. The summed E-state index contributed by atoms with van der Waals surface area (Å²) < 4.78 is 9.60. The summed E-state index contributed by atoms with van der Waals surface area (Å²) in [5, 5.41) is 0. The molecule has 0 bridgehead atoms. The van der Waals surface area contributed by atoms with Gasteiger partial charge < -0.3 is 14.4 Å². The van der Waals surface area contributed by atoms with Gasteiger partial charge in [0, 0.05) is 33.3 Å². The highest BCUT2D eigenvalue weighted by Gasteiger charge is 2.22. The van der Waals surface area contributed by atoms with E-state index in [1.807, 2.05) is 9.80 Å². The lowest BCUT2D eigenvalue weighted by molar-refractivity contribution is -0.142. The second-order valence-electron chi connectivity index (χ2n) is 4.33. The van der Waals surface area contributed by atoms with Gasteiger partial charge in [-0.15, -0.1) is 0 Å². The third-order valence-electron chi connectivity index (χ3n) is 3.04. The second-order valence-corrected chi connectivity index (χ2v) is 4.33. The van der Waals surface area contributed by atoms with Gasteiger partial charge in [0.25, 0.3) is 0 Å². The third-order valence-corrected chi connectivity index (χ3v) is 3.04. The van der Waals surface area contributed by atoms with Crippen molar-refractivity contribution in [3.63, 3.8) is 0 Å². The number of rotatable bonds is 8. The SMILES string of the molecule is COCCN(CCC(=O)OC)CC(=O)N1CCC1. The Bertz CT molecular complexity index is 279. The molecule has 6 nitrogen and oxygen atoms in total. The second kappa shape index (κ2) is 8.05. The standard InChI is InChI=1S/C12H22N2O4/c1-17-9-8-13(7-4-12(16)18-2)10-11(15)14-5-3-6-14/h3-10H2,1-2H3. The highest BCUT2D eigenvalue weighted by atomic mass is 16.5. The van der Waals surface area contributed by atoms with Crippen LogP contribution in [0.25, 0.3) is 0 Å². The zero-order chi connectivity index (χ0) is 13.4. The Balaban J connectivity index is 2.33. The number of methoxy groups -OCH3 is 2. The summed E-state index contributed by atoms with van der Waals surface area (Å²) in [6.07, 6.45) is 1.39. The van der Waals surface area contributed by atoms with Gasteiger partial charge in [0.2, 0.25) is 5.91 Å². The monoisotopic (exact) mass is 258 g/mol. The molecule has 0 N–H and O–H groups in total. The van der Waals surface area contributed by atoms with E-state index in [9.17, 15) is 9.59 Å². The maximum Gasteiger partial charge on any atom is 0.306 e. The Morgan fingerprint density at radius 1 is 1.22 bits per heavy atom. The van der Waals surface area contributed by atoms with Crippen LogP contribution in [-0.2, 0) is 19.1 Å². The first-order chi connectivity index (χ1) is 8.67. The van der Waals surface area contributed by atoms with Crippen molar-refractivity contribution in [2.45, 2.75) is 12.8 Å². The van der Waals surface area contributed by atoms with Crippen LogP contribution >= 0.6 is 0 Å². The van der Waals surface area contributed by atoms with Crippen LogP contribution < -0.4 is 0 Å². The predicted molar refractivity (Wildman–Crippen MR) is 66.1 cm³/mol. The predicted octanol–water partition coefficient (Wildman–Crippen LogP) is -0.270. The minimum atomic E-state index is -0.256. The summed E-state index contributed by atoms with van der Waals surface area (Å²) >= 11 is 0. The smallest absolute Gasteiger partial charge is 0.306 e. The molecule has 1 amide bonds. The van der Waals surface area contributed by atoms with Crippen molar-refractivity contribution < 1.29 is 19.1 Å². The van der Waals surface area contributed by atoms with Gasteiger partial charge in [-0.1, -0.05) is 0 Å². The Morgan fingerprint density at radius 3 is 2.44 bits per heavy atom. The van der Waals surface area contributed by atoms with Crippen LogP contribution in [0.15, 0.2) is 0 Å². The van der Waals surface area contributed by atoms with Gasteiger partial charge in [0.1, 0.15) is 0 Å². The van der Waals surface area contributed by atoms with Crippen LogP contribution in [0.1, 0.15) is 12.8 Å². The Morgan fingerprint density at radius 2 is 1.94 bits per heavy atom. The highest BCUT2D eigenvalue weighted by Crippen LogP contribution is 2.07. The van der Waals surface area contributed by atoms with Gasteiger partial charge in [-0.3, -0.25) is 14.5 Å². The van der Waals surface area contributed by atoms with Gasteiger partial charge >= 0.3 is 5.97 Å². The van der Waals surface area contributed by atoms with Gasteiger partial charge in [0.15, 0.2) is 0 Å². The quantitative estimate of drug-likeness (QED) is 0.561. The average molecular weight is 258 g/mol. The van der Waals surface area contributed by atoms with E-state index < -0.39 is 0 Å². The zero-order valence-electron chi connectivity index (χ0n) is 11.2. The number of nitrogens with zero attached hydrogens (tertiary/aromatic N) is 2. The molecule has 0 radical (unpaired) electrons. The van der Waals surface area contributed by atoms with Crippen LogP contribution in [-0.4, -0.2) is 75.2 Å². The van der Waals surface area contributed by atoms with Crippen LogP contribution in [0, 0.1) is 0 Å². The number of hydrogen-bond acceptors (Lipinski definition) is 5. The topological polar surface area (TPSA) is 59.1 Å². The molecule has 0 aromatic heterocycles. The number of amides is 1. The fraction of sp³-hybridized carbons (Fsp3) is 0.833. The molecule has 104 valence electrons. The molecule has 1 rings (SSSR count). The molecule has 1 aliphatic heterocycles. The van der Waals surface area contributed by atoms with E-state index in [0.29, 0.717) is 32.7 Å². The van der Waals surface area contributed by atoms with E-state index in [2.05, 4.69) is 4.74 Å². The molecule has 0 aromatic carbocycles. The molecular weight excluding hydrogens is 236 g/mol. The lowest BCUT2D eigenvalue weighted by atomic mass is 10.2. The van der Waals surface area contributed by atoms with E-state index in [1.165, 1.54) is 7.11 Å². The van der Waals surface area contributed by atoms with Crippen LogP contribution in [0.2, 0.25) is 0 Å². The molecular formula is C12H22N2O4. The van der Waals surface area contributed by atoms with Gasteiger partial charge in [-0.25, -0.2) is 0 Å². The van der Waals surface area contributed by atoms with Crippen molar-refractivity contribution >= 4 is 11.9 Å². The number of ether oxygens (including phenoxy) is 2. The van der Waals surface area contributed by atoms with Crippen LogP contribution in [0.3, 0.4) is 0 Å². The van der Waals surface area contributed by atoms with Crippen LogP contribution in [0.5, 0.6) is 0 Å². The lowest BCUT2D eigenvalue weighted by Crippen LogP contribution is -2.48. The van der Waals surface area contributed by atoms with Crippen molar-refractivity contribution in [2.24, 2.45) is 0 Å². The highest BCUT2D eigenvalue weighted by molar-refractivity contribution is 5.79. The number of carbonyl (C=O) groups excluding carboxylic acids is 2. The van der Waals surface area contributed by atoms with Crippen molar-refractivity contribution in [3.05, 3.63) is 0 Å². The Labute approximate surface area is 108 Å². The molecule has 0 spiro atoms. The molecule has 0 aliphatic carbocycles. The molecule has 1 aliphatic rings. The zero-order valence-corrected chi connectivity index (χ0v) is 11.2. The molecule has 1 heterocycles. The summed E-state index contributed by atoms with van der Waals surface area (Å²) in [4.78, 5) is 26.7. The number of hydrogen-bond donors (Lipinski definition) is 0. The Kier molecular flexibility index (Phi) is 6.67. The molecule has 18 heavy (non-hydrogen) atoms. The first kappa shape index (κ1) is 14.9. The minimum Gasteiger partial charge on any atom is -0.469 e. The van der Waals surface area contributed by atoms with E-state index >= 15 is 0 Å². The molecule has 1 fully saturated rings. The maximum absolute atomic E-state index is 11.8. The normalized spacial score (nSPS) is 14.5. The van der Waals surface area contributed by atoms with Crippen molar-refractivity contribution in [1.82, 2.24) is 9.80 Å². The first-order valence-corrected chi connectivity index (χ1v) is 6.23. The van der Waals surface area contributed by atoms with E-state index in [0.717, 1.165) is 19.5 Å². The summed E-state index contributed by atoms with van der Waals surface area (Å²) in [6, 6.07) is 0. The maximum atomic E-state index is 11.8. The fourth-order valence-electron chi connectivity index (χ4n) is 1.70. The minimum absolute atomic E-state index is 0.127. The third kappa shape index (κ3) is 5.01. The van der Waals surface area contributed by atoms with E-state index in [4.69, 9.17) is 4.74 Å². The van der Waals surface area contributed by atoms with Crippen LogP contribution in [0.4, 0.5) is 0 Å². The summed E-state index contributed by atoms with van der Waals surface area (Å²) in [5.74, 6) is -0.129. The van der Waals surface area contributed by atoms with Crippen molar-refractivity contribution in [3.8, 4) is 0 Å². The Hall–Kier alpha value is -1.14. The average Bonchev–Trinajstić information content (AvgIpc) is 2.29. The summed E-state index contributed by atoms with van der Waals surface area (Å²) in [7, 11) is 2.99. The molecule has 0 saturated carbocycles. The van der Waals surface area contributed by atoms with Crippen molar-refractivity contribution in [2.75, 3.05) is 53.6 Å². The molecule has 0 unspecified atom stereocenters. The number of esters is 1. The van der Waals surface area contributed by atoms with Gasteiger partial charge in [-0.05, 0) is 6.42 Å². The van der Waals surface area contributed by atoms with Gasteiger partial charge in [0.05, 0.1) is 26.7 Å². The molecule has 0 atom stereocenters. The number of likely N-dealkylation sites (tertiary alicyclic amines) is 1. The summed E-state index contributed by atoms with van der Waals surface area (Å²) in [6.45, 7) is 3.78. The molecule has 0 aromatic rings. The summed E-state index contributed by atoms with van der Waals surface area (Å²) in [5.41, 5.74) is 0. The largest absolute Gasteiger partial charge is 0.469 e.